The van der Waals surface area contributed by atoms with Gasteiger partial charge in [0.15, 0.2) is 0 Å². The summed E-state index contributed by atoms with van der Waals surface area (Å²) in [6.07, 6.45) is 4.32. The highest BCUT2D eigenvalue weighted by molar-refractivity contribution is 5.91. The largest absolute Gasteiger partial charge is 0.459 e. The van der Waals surface area contributed by atoms with Crippen LogP contribution in [-0.4, -0.2) is 34.9 Å². The molecule has 0 saturated heterocycles. The predicted molar refractivity (Wildman–Crippen MR) is 69.3 cm³/mol. The first-order chi connectivity index (χ1) is 8.76. The molecule has 1 aliphatic rings. The smallest absolute Gasteiger partial charge is 0.331 e. The van der Waals surface area contributed by atoms with Gasteiger partial charge in [-0.1, -0.05) is 0 Å². The fourth-order valence-electron chi connectivity index (χ4n) is 1.84. The Morgan fingerprint density at radius 2 is 1.58 bits per heavy atom. The molecule has 19 heavy (non-hydrogen) atoms. The molecule has 0 unspecified atom stereocenters. The van der Waals surface area contributed by atoms with E-state index in [-0.39, 0.29) is 12.2 Å². The van der Waals surface area contributed by atoms with Crippen LogP contribution in [0, 0.1) is 0 Å². The van der Waals surface area contributed by atoms with Crippen LogP contribution in [0.2, 0.25) is 0 Å². The van der Waals surface area contributed by atoms with E-state index in [1.165, 1.54) is 0 Å². The van der Waals surface area contributed by atoms with Crippen molar-refractivity contribution in [3.63, 3.8) is 0 Å². The van der Waals surface area contributed by atoms with E-state index < -0.39 is 17.5 Å². The third kappa shape index (κ3) is 6.96. The van der Waals surface area contributed by atoms with Gasteiger partial charge in [-0.2, -0.15) is 0 Å². The number of rotatable bonds is 3. The van der Waals surface area contributed by atoms with Gasteiger partial charge in [0.1, 0.15) is 11.7 Å². The number of ether oxygens (including phenoxy) is 2. The lowest BCUT2D eigenvalue weighted by Gasteiger charge is -2.24. The lowest BCUT2D eigenvalue weighted by Crippen LogP contribution is -2.26. The molecular weight excluding hydrogens is 248 g/mol. The third-order valence-corrected chi connectivity index (χ3v) is 2.69. The molecule has 108 valence electrons. The highest BCUT2D eigenvalue weighted by atomic mass is 16.6. The Balaban J connectivity index is 2.32. The summed E-state index contributed by atoms with van der Waals surface area (Å²) in [5.41, 5.74) is -0.579. The van der Waals surface area contributed by atoms with Crippen LogP contribution in [0.4, 0.5) is 0 Å². The minimum absolute atomic E-state index is 0.167. The van der Waals surface area contributed by atoms with Crippen molar-refractivity contribution in [1.29, 1.82) is 0 Å². The van der Waals surface area contributed by atoms with Gasteiger partial charge in [-0.05, 0) is 46.5 Å². The monoisotopic (exact) mass is 270 g/mol. The van der Waals surface area contributed by atoms with Crippen LogP contribution < -0.4 is 0 Å². The third-order valence-electron chi connectivity index (χ3n) is 2.69. The van der Waals surface area contributed by atoms with Gasteiger partial charge in [0.2, 0.25) is 0 Å². The molecule has 0 aliphatic heterocycles. The zero-order valence-electron chi connectivity index (χ0n) is 11.7. The van der Waals surface area contributed by atoms with Crippen molar-refractivity contribution in [2.24, 2.45) is 0 Å². The summed E-state index contributed by atoms with van der Waals surface area (Å²) in [4.78, 5) is 22.8. The van der Waals surface area contributed by atoms with Crippen LogP contribution in [-0.2, 0) is 19.1 Å². The fraction of sp³-hybridized carbons (Fsp3) is 0.714. The van der Waals surface area contributed by atoms with Crippen molar-refractivity contribution in [2.45, 2.75) is 64.3 Å². The highest BCUT2D eigenvalue weighted by Gasteiger charge is 2.22. The molecule has 1 N–H and O–H groups in total. The lowest BCUT2D eigenvalue weighted by molar-refractivity contribution is -0.150. The highest BCUT2D eigenvalue weighted by Crippen LogP contribution is 2.21. The van der Waals surface area contributed by atoms with Crippen LogP contribution in [0.15, 0.2) is 12.2 Å². The fourth-order valence-corrected chi connectivity index (χ4v) is 1.84. The van der Waals surface area contributed by atoms with E-state index >= 15 is 0 Å². The predicted octanol–water partition coefficient (Wildman–Crippen LogP) is 1.73. The van der Waals surface area contributed by atoms with Crippen molar-refractivity contribution >= 4 is 11.9 Å². The molecule has 0 radical (unpaired) electrons. The Hall–Kier alpha value is -1.36. The van der Waals surface area contributed by atoms with Crippen LogP contribution in [0.1, 0.15) is 46.5 Å². The molecule has 0 spiro atoms. The van der Waals surface area contributed by atoms with Gasteiger partial charge in [0.05, 0.1) is 6.10 Å². The summed E-state index contributed by atoms with van der Waals surface area (Å²) >= 11 is 0. The topological polar surface area (TPSA) is 72.8 Å². The summed E-state index contributed by atoms with van der Waals surface area (Å²) in [6, 6.07) is 0. The maximum Gasteiger partial charge on any atom is 0.331 e. The first-order valence-electron chi connectivity index (χ1n) is 6.56. The Labute approximate surface area is 113 Å². The number of hydrogen-bond acceptors (Lipinski definition) is 5. The minimum atomic E-state index is -0.579. The molecule has 5 nitrogen and oxygen atoms in total. The van der Waals surface area contributed by atoms with Crippen LogP contribution >= 0.6 is 0 Å². The van der Waals surface area contributed by atoms with E-state index in [1.807, 2.05) is 0 Å². The lowest BCUT2D eigenvalue weighted by atomic mass is 9.95. The van der Waals surface area contributed by atoms with E-state index in [4.69, 9.17) is 9.47 Å². The number of carbonyl (C=O) groups is 2. The van der Waals surface area contributed by atoms with E-state index in [9.17, 15) is 14.7 Å². The molecular formula is C14H22O5. The summed E-state index contributed by atoms with van der Waals surface area (Å²) in [5, 5.41) is 9.33. The molecule has 0 aromatic heterocycles. The summed E-state index contributed by atoms with van der Waals surface area (Å²) < 4.78 is 10.2. The second-order valence-corrected chi connectivity index (χ2v) is 5.73. The van der Waals surface area contributed by atoms with Gasteiger partial charge < -0.3 is 14.6 Å². The zero-order valence-corrected chi connectivity index (χ0v) is 11.7. The molecule has 0 atom stereocenters. The number of aliphatic hydroxyl groups is 1. The van der Waals surface area contributed by atoms with Crippen LogP contribution in [0.3, 0.4) is 0 Å². The van der Waals surface area contributed by atoms with Gasteiger partial charge in [-0.3, -0.25) is 0 Å². The standard InChI is InChI=1S/C14H22O5/c1-14(2,3)19-13(17)9-8-12(16)18-11-6-4-10(15)5-7-11/h8-11,15H,4-7H2,1-3H3. The Bertz CT molecular complexity index is 345. The van der Waals surface area contributed by atoms with Gasteiger partial charge in [0, 0.05) is 12.2 Å². The number of esters is 2. The van der Waals surface area contributed by atoms with Crippen LogP contribution in [0.5, 0.6) is 0 Å². The first kappa shape index (κ1) is 15.7. The summed E-state index contributed by atoms with van der Waals surface area (Å²) in [5.74, 6) is -1.12. The van der Waals surface area contributed by atoms with E-state index in [2.05, 4.69) is 0 Å². The average Bonchev–Trinajstić information content (AvgIpc) is 2.27. The van der Waals surface area contributed by atoms with Gasteiger partial charge >= 0.3 is 11.9 Å². The number of carbonyl (C=O) groups excluding carboxylic acids is 2. The van der Waals surface area contributed by atoms with Gasteiger partial charge in [0.25, 0.3) is 0 Å². The number of hydrogen-bond donors (Lipinski definition) is 1. The van der Waals surface area contributed by atoms with Crippen molar-refractivity contribution in [2.75, 3.05) is 0 Å². The van der Waals surface area contributed by atoms with E-state index in [0.717, 1.165) is 12.2 Å². The molecule has 0 aromatic rings. The Morgan fingerprint density at radius 1 is 1.05 bits per heavy atom. The first-order valence-corrected chi connectivity index (χ1v) is 6.56. The van der Waals surface area contributed by atoms with E-state index in [0.29, 0.717) is 25.7 Å². The quantitative estimate of drug-likeness (QED) is 0.624. The van der Waals surface area contributed by atoms with Gasteiger partial charge in [-0.15, -0.1) is 0 Å². The van der Waals surface area contributed by atoms with Crippen molar-refractivity contribution in [3.8, 4) is 0 Å². The maximum absolute atomic E-state index is 11.5. The SMILES string of the molecule is CC(C)(C)OC(=O)C=CC(=O)OC1CCC(O)CC1. The molecule has 1 aliphatic carbocycles. The minimum Gasteiger partial charge on any atom is -0.459 e. The summed E-state index contributed by atoms with van der Waals surface area (Å²) in [7, 11) is 0. The molecule has 1 saturated carbocycles. The average molecular weight is 270 g/mol. The second kappa shape index (κ2) is 6.70. The number of aliphatic hydroxyl groups excluding tert-OH is 1. The maximum atomic E-state index is 11.5. The van der Waals surface area contributed by atoms with Gasteiger partial charge in [-0.25, -0.2) is 9.59 Å². The molecule has 0 amide bonds. The van der Waals surface area contributed by atoms with E-state index in [1.54, 1.807) is 20.8 Å². The Morgan fingerprint density at radius 3 is 2.11 bits per heavy atom. The Kier molecular flexibility index (Phi) is 5.54. The summed E-state index contributed by atoms with van der Waals surface area (Å²) in [6.45, 7) is 5.26. The molecule has 0 heterocycles. The molecule has 0 aromatic carbocycles. The second-order valence-electron chi connectivity index (χ2n) is 5.73. The van der Waals surface area contributed by atoms with Crippen molar-refractivity contribution < 1.29 is 24.2 Å². The van der Waals surface area contributed by atoms with Crippen molar-refractivity contribution in [1.82, 2.24) is 0 Å². The van der Waals surface area contributed by atoms with Crippen LogP contribution in [0.25, 0.3) is 0 Å². The molecule has 1 fully saturated rings. The normalized spacial score (nSPS) is 24.2. The molecule has 5 heteroatoms. The zero-order chi connectivity index (χ0) is 14.5. The molecule has 0 bridgehead atoms. The van der Waals surface area contributed by atoms with Crippen molar-refractivity contribution in [3.05, 3.63) is 12.2 Å². The molecule has 1 rings (SSSR count).